The standard InChI is InChI=1S/C13H21N/c1-4-11(2)14-12(3)10-13-8-6-5-7-9-13/h5-9,11-12,14H,4,10H2,1-3H3/t11-,12-/m0/s1. The fourth-order valence-corrected chi connectivity index (χ4v) is 1.63. The smallest absolute Gasteiger partial charge is 0.00816 e. The quantitative estimate of drug-likeness (QED) is 0.754. The molecule has 0 spiro atoms. The average molecular weight is 191 g/mol. The van der Waals surface area contributed by atoms with E-state index in [1.165, 1.54) is 12.0 Å². The Kier molecular flexibility index (Phi) is 4.68. The molecule has 0 bridgehead atoms. The molecule has 14 heavy (non-hydrogen) atoms. The molecule has 0 amide bonds. The number of hydrogen-bond donors (Lipinski definition) is 1. The summed E-state index contributed by atoms with van der Waals surface area (Å²) in [6.07, 6.45) is 2.31. The molecule has 0 saturated heterocycles. The van der Waals surface area contributed by atoms with E-state index in [0.717, 1.165) is 6.42 Å². The molecule has 2 atom stereocenters. The predicted octanol–water partition coefficient (Wildman–Crippen LogP) is 3.01. The molecule has 0 fully saturated rings. The SMILES string of the molecule is CC[C@H](C)N[C@@H](C)Cc1ccccc1. The molecule has 1 aromatic carbocycles. The van der Waals surface area contributed by atoms with Crippen molar-refractivity contribution in [3.8, 4) is 0 Å². The Hall–Kier alpha value is -0.820. The van der Waals surface area contributed by atoms with Gasteiger partial charge in [-0.15, -0.1) is 0 Å². The molecule has 1 heteroatoms. The molecule has 0 aromatic heterocycles. The topological polar surface area (TPSA) is 12.0 Å². The highest BCUT2D eigenvalue weighted by Crippen LogP contribution is 2.03. The van der Waals surface area contributed by atoms with Gasteiger partial charge in [-0.05, 0) is 32.3 Å². The zero-order valence-corrected chi connectivity index (χ0v) is 9.46. The first-order chi connectivity index (χ1) is 6.72. The lowest BCUT2D eigenvalue weighted by Crippen LogP contribution is -2.35. The Balaban J connectivity index is 2.37. The summed E-state index contributed by atoms with van der Waals surface area (Å²) in [5, 5.41) is 3.58. The fraction of sp³-hybridized carbons (Fsp3) is 0.538. The van der Waals surface area contributed by atoms with Crippen LogP contribution in [-0.4, -0.2) is 12.1 Å². The summed E-state index contributed by atoms with van der Waals surface area (Å²) >= 11 is 0. The summed E-state index contributed by atoms with van der Waals surface area (Å²) in [5.74, 6) is 0. The van der Waals surface area contributed by atoms with Gasteiger partial charge in [-0.1, -0.05) is 37.3 Å². The van der Waals surface area contributed by atoms with Gasteiger partial charge in [-0.3, -0.25) is 0 Å². The Morgan fingerprint density at radius 3 is 2.29 bits per heavy atom. The van der Waals surface area contributed by atoms with E-state index < -0.39 is 0 Å². The summed E-state index contributed by atoms with van der Waals surface area (Å²) in [7, 11) is 0. The summed E-state index contributed by atoms with van der Waals surface area (Å²) in [5.41, 5.74) is 1.41. The van der Waals surface area contributed by atoms with Crippen molar-refractivity contribution in [3.63, 3.8) is 0 Å². The Labute approximate surface area is 87.5 Å². The Morgan fingerprint density at radius 2 is 1.71 bits per heavy atom. The minimum atomic E-state index is 0.562. The van der Waals surface area contributed by atoms with Gasteiger partial charge in [0.15, 0.2) is 0 Å². The highest BCUT2D eigenvalue weighted by molar-refractivity contribution is 5.15. The van der Waals surface area contributed by atoms with Crippen LogP contribution in [0.2, 0.25) is 0 Å². The van der Waals surface area contributed by atoms with Gasteiger partial charge in [0.05, 0.1) is 0 Å². The third kappa shape index (κ3) is 3.93. The summed E-state index contributed by atoms with van der Waals surface area (Å²) < 4.78 is 0. The van der Waals surface area contributed by atoms with Crippen LogP contribution in [0.1, 0.15) is 32.8 Å². The zero-order chi connectivity index (χ0) is 10.4. The number of hydrogen-bond acceptors (Lipinski definition) is 1. The first kappa shape index (κ1) is 11.3. The minimum absolute atomic E-state index is 0.562. The summed E-state index contributed by atoms with van der Waals surface area (Å²) in [6, 6.07) is 11.8. The lowest BCUT2D eigenvalue weighted by atomic mass is 10.1. The highest BCUT2D eigenvalue weighted by atomic mass is 14.9. The molecular formula is C13H21N. The third-order valence-corrected chi connectivity index (χ3v) is 2.57. The Bertz CT molecular complexity index is 243. The largest absolute Gasteiger partial charge is 0.311 e. The van der Waals surface area contributed by atoms with Crippen LogP contribution in [-0.2, 0) is 6.42 Å². The molecule has 0 aliphatic carbocycles. The monoisotopic (exact) mass is 191 g/mol. The second-order valence-electron chi connectivity index (χ2n) is 4.07. The van der Waals surface area contributed by atoms with E-state index in [4.69, 9.17) is 0 Å². The van der Waals surface area contributed by atoms with Gasteiger partial charge >= 0.3 is 0 Å². The second kappa shape index (κ2) is 5.82. The molecule has 0 aliphatic heterocycles. The van der Waals surface area contributed by atoms with Gasteiger partial charge in [-0.25, -0.2) is 0 Å². The van der Waals surface area contributed by atoms with E-state index in [2.05, 4.69) is 56.4 Å². The average Bonchev–Trinajstić information content (AvgIpc) is 2.19. The molecule has 1 rings (SSSR count). The maximum absolute atomic E-state index is 3.58. The summed E-state index contributed by atoms with van der Waals surface area (Å²) in [6.45, 7) is 6.70. The van der Waals surface area contributed by atoms with Crippen molar-refractivity contribution >= 4 is 0 Å². The molecule has 0 radical (unpaired) electrons. The van der Waals surface area contributed by atoms with Crippen LogP contribution in [0, 0.1) is 0 Å². The van der Waals surface area contributed by atoms with E-state index in [0.29, 0.717) is 12.1 Å². The Morgan fingerprint density at radius 1 is 1.07 bits per heavy atom. The molecule has 1 N–H and O–H groups in total. The van der Waals surface area contributed by atoms with Crippen LogP contribution in [0.5, 0.6) is 0 Å². The normalized spacial score (nSPS) is 15.1. The van der Waals surface area contributed by atoms with Crippen LogP contribution in [0.4, 0.5) is 0 Å². The first-order valence-corrected chi connectivity index (χ1v) is 5.52. The van der Waals surface area contributed by atoms with Crippen molar-refractivity contribution in [1.29, 1.82) is 0 Å². The first-order valence-electron chi connectivity index (χ1n) is 5.52. The van der Waals surface area contributed by atoms with Gasteiger partial charge in [-0.2, -0.15) is 0 Å². The zero-order valence-electron chi connectivity index (χ0n) is 9.46. The lowest BCUT2D eigenvalue weighted by Gasteiger charge is -2.18. The maximum Gasteiger partial charge on any atom is 0.00816 e. The van der Waals surface area contributed by atoms with Crippen molar-refractivity contribution < 1.29 is 0 Å². The van der Waals surface area contributed by atoms with Crippen molar-refractivity contribution in [3.05, 3.63) is 35.9 Å². The van der Waals surface area contributed by atoms with Crippen molar-refractivity contribution in [2.24, 2.45) is 0 Å². The van der Waals surface area contributed by atoms with Crippen LogP contribution < -0.4 is 5.32 Å². The van der Waals surface area contributed by atoms with Gasteiger partial charge in [0.1, 0.15) is 0 Å². The van der Waals surface area contributed by atoms with Gasteiger partial charge in [0.25, 0.3) is 0 Å². The van der Waals surface area contributed by atoms with Crippen LogP contribution in [0.15, 0.2) is 30.3 Å². The molecule has 1 nitrogen and oxygen atoms in total. The van der Waals surface area contributed by atoms with Gasteiger partial charge < -0.3 is 5.32 Å². The van der Waals surface area contributed by atoms with Gasteiger partial charge in [0.2, 0.25) is 0 Å². The summed E-state index contributed by atoms with van der Waals surface area (Å²) in [4.78, 5) is 0. The van der Waals surface area contributed by atoms with E-state index in [1.54, 1.807) is 0 Å². The molecule has 0 unspecified atom stereocenters. The van der Waals surface area contributed by atoms with Crippen LogP contribution in [0.3, 0.4) is 0 Å². The number of nitrogens with one attached hydrogen (secondary N) is 1. The van der Waals surface area contributed by atoms with E-state index in [-0.39, 0.29) is 0 Å². The molecule has 0 aliphatic rings. The second-order valence-corrected chi connectivity index (χ2v) is 4.07. The number of rotatable bonds is 5. The predicted molar refractivity (Wildman–Crippen MR) is 62.5 cm³/mol. The third-order valence-electron chi connectivity index (χ3n) is 2.57. The van der Waals surface area contributed by atoms with Crippen LogP contribution in [0.25, 0.3) is 0 Å². The minimum Gasteiger partial charge on any atom is -0.311 e. The van der Waals surface area contributed by atoms with E-state index >= 15 is 0 Å². The molecule has 1 aromatic rings. The van der Waals surface area contributed by atoms with Crippen molar-refractivity contribution in [1.82, 2.24) is 5.32 Å². The fourth-order valence-electron chi connectivity index (χ4n) is 1.63. The lowest BCUT2D eigenvalue weighted by molar-refractivity contribution is 0.455. The van der Waals surface area contributed by atoms with Gasteiger partial charge in [0, 0.05) is 12.1 Å². The molecule has 78 valence electrons. The van der Waals surface area contributed by atoms with Crippen molar-refractivity contribution in [2.75, 3.05) is 0 Å². The molecular weight excluding hydrogens is 170 g/mol. The van der Waals surface area contributed by atoms with E-state index in [1.807, 2.05) is 0 Å². The number of benzene rings is 1. The van der Waals surface area contributed by atoms with Crippen molar-refractivity contribution in [2.45, 2.75) is 45.7 Å². The maximum atomic E-state index is 3.58. The van der Waals surface area contributed by atoms with E-state index in [9.17, 15) is 0 Å². The van der Waals surface area contributed by atoms with Crippen LogP contribution >= 0.6 is 0 Å². The highest BCUT2D eigenvalue weighted by Gasteiger charge is 2.05. The molecule has 0 heterocycles. The molecule has 0 saturated carbocycles.